The van der Waals surface area contributed by atoms with Crippen LogP contribution in [0.25, 0.3) is 11.4 Å². The smallest absolute Gasteiger partial charge is 0.408 e. The first-order valence-electron chi connectivity index (χ1n) is 8.46. The molecule has 0 bridgehead atoms. The lowest BCUT2D eigenvalue weighted by atomic mass is 9.90. The van der Waals surface area contributed by atoms with Crippen LogP contribution >= 0.6 is 0 Å². The highest BCUT2D eigenvalue weighted by atomic mass is 19.1. The quantitative estimate of drug-likeness (QED) is 0.899. The summed E-state index contributed by atoms with van der Waals surface area (Å²) in [5.41, 5.74) is -1.00. The Morgan fingerprint density at radius 1 is 1.31 bits per heavy atom. The van der Waals surface area contributed by atoms with Gasteiger partial charge in [0.1, 0.15) is 17.0 Å². The Bertz CT molecular complexity index is 779. The zero-order valence-electron chi connectivity index (χ0n) is 15.0. The molecule has 1 aliphatic heterocycles. The summed E-state index contributed by atoms with van der Waals surface area (Å²) in [6.07, 6.45) is 0.374. The fourth-order valence-corrected chi connectivity index (χ4v) is 2.77. The van der Waals surface area contributed by atoms with E-state index in [9.17, 15) is 9.18 Å². The van der Waals surface area contributed by atoms with Crippen LogP contribution in [0.3, 0.4) is 0 Å². The third-order valence-corrected chi connectivity index (χ3v) is 4.00. The van der Waals surface area contributed by atoms with E-state index >= 15 is 0 Å². The van der Waals surface area contributed by atoms with Crippen LogP contribution in [-0.2, 0) is 15.0 Å². The first kappa shape index (κ1) is 18.3. The molecule has 0 radical (unpaired) electrons. The maximum Gasteiger partial charge on any atom is 0.408 e. The minimum atomic E-state index is -0.876. The second kappa shape index (κ2) is 7.03. The molecule has 8 heteroatoms. The lowest BCUT2D eigenvalue weighted by molar-refractivity contribution is 0.00605. The lowest BCUT2D eigenvalue weighted by Gasteiger charge is -2.35. The van der Waals surface area contributed by atoms with Crippen LogP contribution in [0.15, 0.2) is 28.8 Å². The Balaban J connectivity index is 1.87. The summed E-state index contributed by atoms with van der Waals surface area (Å²) in [7, 11) is 0. The molecule has 2 heterocycles. The predicted molar refractivity (Wildman–Crippen MR) is 90.8 cm³/mol. The number of rotatable bonds is 3. The van der Waals surface area contributed by atoms with Crippen molar-refractivity contribution in [3.05, 3.63) is 36.0 Å². The molecule has 26 heavy (non-hydrogen) atoms. The number of carbonyl (C=O) groups is 1. The lowest BCUT2D eigenvalue weighted by Crippen LogP contribution is -2.51. The molecule has 7 nitrogen and oxygen atoms in total. The van der Waals surface area contributed by atoms with E-state index in [1.165, 1.54) is 12.1 Å². The molecular formula is C18H22FN3O4. The van der Waals surface area contributed by atoms with Crippen LogP contribution in [0.2, 0.25) is 0 Å². The summed E-state index contributed by atoms with van der Waals surface area (Å²) in [6, 6.07) is 5.93. The third-order valence-electron chi connectivity index (χ3n) is 4.00. The largest absolute Gasteiger partial charge is 0.444 e. The number of nitrogens with zero attached hydrogens (tertiary/aromatic N) is 2. The molecule has 1 aromatic carbocycles. The van der Waals surface area contributed by atoms with Gasteiger partial charge in [0.15, 0.2) is 0 Å². The molecule has 2 aromatic rings. The van der Waals surface area contributed by atoms with Gasteiger partial charge in [-0.05, 0) is 32.9 Å². The first-order valence-corrected chi connectivity index (χ1v) is 8.46. The molecule has 140 valence electrons. The van der Waals surface area contributed by atoms with E-state index in [2.05, 4.69) is 15.5 Å². The van der Waals surface area contributed by atoms with Crippen molar-refractivity contribution in [2.75, 3.05) is 13.2 Å². The van der Waals surface area contributed by atoms with Crippen molar-refractivity contribution < 1.29 is 23.2 Å². The van der Waals surface area contributed by atoms with E-state index in [4.69, 9.17) is 14.0 Å². The zero-order chi connectivity index (χ0) is 18.8. The topological polar surface area (TPSA) is 86.5 Å². The standard InChI is InChI=1S/C18H22FN3O4/c1-17(2,3)25-16(23)21-18(7-9-24-10-8-18)15-20-14(22-26-15)12-5-4-6-13(19)11-12/h4-6,11H,7-10H2,1-3H3,(H,21,23). The van der Waals surface area contributed by atoms with E-state index in [1.54, 1.807) is 32.9 Å². The highest BCUT2D eigenvalue weighted by Crippen LogP contribution is 2.33. The van der Waals surface area contributed by atoms with Crippen LogP contribution in [0.5, 0.6) is 0 Å². The van der Waals surface area contributed by atoms with Crippen molar-refractivity contribution in [2.24, 2.45) is 0 Å². The SMILES string of the molecule is CC(C)(C)OC(=O)NC1(c2nc(-c3cccc(F)c3)no2)CCOCC1. The summed E-state index contributed by atoms with van der Waals surface area (Å²) in [5, 5.41) is 6.81. The Kier molecular flexibility index (Phi) is 4.95. The number of carbonyl (C=O) groups excluding carboxylic acids is 1. The number of benzene rings is 1. The average molecular weight is 363 g/mol. The summed E-state index contributed by atoms with van der Waals surface area (Å²) in [6.45, 7) is 6.24. The minimum Gasteiger partial charge on any atom is -0.444 e. The molecule has 1 aliphatic rings. The second-order valence-electron chi connectivity index (χ2n) is 7.25. The van der Waals surface area contributed by atoms with Crippen LogP contribution < -0.4 is 5.32 Å². The molecule has 0 spiro atoms. The van der Waals surface area contributed by atoms with Crippen LogP contribution in [0, 0.1) is 5.82 Å². The van der Waals surface area contributed by atoms with Crippen LogP contribution in [0.4, 0.5) is 9.18 Å². The Hall–Kier alpha value is -2.48. The first-order chi connectivity index (χ1) is 12.3. The van der Waals surface area contributed by atoms with E-state index < -0.39 is 17.2 Å². The molecule has 0 saturated carbocycles. The van der Waals surface area contributed by atoms with E-state index in [1.807, 2.05) is 0 Å². The number of amides is 1. The number of alkyl carbamates (subject to hydrolysis) is 1. The number of aromatic nitrogens is 2. The van der Waals surface area contributed by atoms with Gasteiger partial charge in [0.25, 0.3) is 5.89 Å². The molecule has 0 aliphatic carbocycles. The third kappa shape index (κ3) is 4.19. The number of ether oxygens (including phenoxy) is 2. The van der Waals surface area contributed by atoms with Gasteiger partial charge < -0.3 is 19.3 Å². The average Bonchev–Trinajstić information content (AvgIpc) is 3.04. The Morgan fingerprint density at radius 2 is 2.04 bits per heavy atom. The predicted octanol–water partition coefficient (Wildman–Crippen LogP) is 3.41. The highest BCUT2D eigenvalue weighted by molar-refractivity contribution is 5.69. The van der Waals surface area contributed by atoms with E-state index in [0.29, 0.717) is 31.6 Å². The summed E-state index contributed by atoms with van der Waals surface area (Å²) in [4.78, 5) is 16.7. The number of nitrogens with one attached hydrogen (secondary N) is 1. The van der Waals surface area contributed by atoms with Gasteiger partial charge in [-0.25, -0.2) is 9.18 Å². The maximum absolute atomic E-state index is 13.4. The molecule has 1 aromatic heterocycles. The summed E-state index contributed by atoms with van der Waals surface area (Å²) in [5.74, 6) is 0.129. The summed E-state index contributed by atoms with van der Waals surface area (Å²) < 4.78 is 29.6. The van der Waals surface area contributed by atoms with Gasteiger partial charge in [0, 0.05) is 31.6 Å². The van der Waals surface area contributed by atoms with Gasteiger partial charge in [-0.1, -0.05) is 17.3 Å². The monoisotopic (exact) mass is 363 g/mol. The molecule has 0 unspecified atom stereocenters. The van der Waals surface area contributed by atoms with Gasteiger partial charge in [0.05, 0.1) is 0 Å². The van der Waals surface area contributed by atoms with Crippen molar-refractivity contribution in [1.29, 1.82) is 0 Å². The van der Waals surface area contributed by atoms with Crippen molar-refractivity contribution >= 4 is 6.09 Å². The zero-order valence-corrected chi connectivity index (χ0v) is 15.0. The minimum absolute atomic E-state index is 0.255. The molecular weight excluding hydrogens is 341 g/mol. The van der Waals surface area contributed by atoms with Crippen molar-refractivity contribution in [2.45, 2.75) is 44.8 Å². The van der Waals surface area contributed by atoms with Crippen molar-refractivity contribution in [3.8, 4) is 11.4 Å². The fourth-order valence-electron chi connectivity index (χ4n) is 2.77. The maximum atomic E-state index is 13.4. The van der Waals surface area contributed by atoms with Crippen LogP contribution in [-0.4, -0.2) is 35.0 Å². The van der Waals surface area contributed by atoms with Gasteiger partial charge in [-0.15, -0.1) is 0 Å². The van der Waals surface area contributed by atoms with Gasteiger partial charge in [-0.2, -0.15) is 4.98 Å². The van der Waals surface area contributed by atoms with E-state index in [-0.39, 0.29) is 17.5 Å². The van der Waals surface area contributed by atoms with Gasteiger partial charge in [0.2, 0.25) is 5.82 Å². The van der Waals surface area contributed by atoms with Crippen LogP contribution in [0.1, 0.15) is 39.5 Å². The highest BCUT2D eigenvalue weighted by Gasteiger charge is 2.42. The molecule has 3 rings (SSSR count). The number of halogens is 1. The van der Waals surface area contributed by atoms with Gasteiger partial charge >= 0.3 is 6.09 Å². The van der Waals surface area contributed by atoms with Crippen molar-refractivity contribution in [1.82, 2.24) is 15.5 Å². The van der Waals surface area contributed by atoms with Gasteiger partial charge in [-0.3, -0.25) is 0 Å². The molecule has 1 fully saturated rings. The Morgan fingerprint density at radius 3 is 2.69 bits per heavy atom. The molecule has 1 saturated heterocycles. The summed E-state index contributed by atoms with van der Waals surface area (Å²) >= 11 is 0. The van der Waals surface area contributed by atoms with Crippen molar-refractivity contribution in [3.63, 3.8) is 0 Å². The second-order valence-corrected chi connectivity index (χ2v) is 7.25. The Labute approximate surface area is 150 Å². The number of hydrogen-bond donors (Lipinski definition) is 1. The number of hydrogen-bond acceptors (Lipinski definition) is 6. The molecule has 0 atom stereocenters. The molecule has 1 N–H and O–H groups in total. The normalized spacial score (nSPS) is 16.9. The van der Waals surface area contributed by atoms with E-state index in [0.717, 1.165) is 0 Å². The molecule has 1 amide bonds. The fraction of sp³-hybridized carbons (Fsp3) is 0.500.